The molecular weight excluding hydrogens is 338 g/mol. The second kappa shape index (κ2) is 6.67. The first-order valence-corrected chi connectivity index (χ1v) is 7.23. The fraction of sp³-hybridized carbons (Fsp3) is 0.125. The normalized spacial score (nSPS) is 16.8. The van der Waals surface area contributed by atoms with E-state index in [1.165, 1.54) is 25.5 Å². The minimum absolute atomic E-state index is 0.0225. The summed E-state index contributed by atoms with van der Waals surface area (Å²) in [5.74, 6) is -1.09. The number of cyclic esters (lactones) is 1. The van der Waals surface area contributed by atoms with Crippen molar-refractivity contribution in [3.05, 3.63) is 59.2 Å². The predicted molar refractivity (Wildman–Crippen MR) is 83.5 cm³/mol. The van der Waals surface area contributed by atoms with Crippen molar-refractivity contribution < 1.29 is 28.2 Å². The molecule has 3 rings (SSSR count). The number of rotatable bonds is 5. The van der Waals surface area contributed by atoms with Crippen LogP contribution < -0.4 is 10.1 Å². The van der Waals surface area contributed by atoms with Crippen molar-refractivity contribution in [1.82, 2.24) is 0 Å². The maximum atomic E-state index is 12.0. The molecule has 1 aromatic heterocycles. The fourth-order valence-electron chi connectivity index (χ4n) is 2.06. The largest absolute Gasteiger partial charge is 0.495 e. The highest BCUT2D eigenvalue weighted by molar-refractivity contribution is 6.42. The lowest BCUT2D eigenvalue weighted by Gasteiger charge is -2.17. The number of carbonyl (C=O) groups excluding carboxylic acids is 2. The first kappa shape index (κ1) is 15.9. The van der Waals surface area contributed by atoms with Crippen LogP contribution in [0.4, 0.5) is 5.69 Å². The van der Waals surface area contributed by atoms with E-state index in [4.69, 9.17) is 30.2 Å². The van der Waals surface area contributed by atoms with Crippen LogP contribution in [0.15, 0.2) is 57.8 Å². The van der Waals surface area contributed by atoms with Gasteiger partial charge in [-0.15, -0.1) is 0 Å². The number of esters is 2. The Morgan fingerprint density at radius 3 is 2.75 bits per heavy atom. The molecule has 2 heterocycles. The molecule has 8 heteroatoms. The van der Waals surface area contributed by atoms with Crippen LogP contribution >= 0.6 is 11.6 Å². The Balaban J connectivity index is 1.83. The highest BCUT2D eigenvalue weighted by Crippen LogP contribution is 2.32. The number of para-hydroxylation sites is 2. The Kier molecular flexibility index (Phi) is 4.43. The summed E-state index contributed by atoms with van der Waals surface area (Å²) in [6, 6.07) is 9.94. The molecule has 1 N–H and O–H groups in total. The van der Waals surface area contributed by atoms with Crippen molar-refractivity contribution in [3.63, 3.8) is 0 Å². The van der Waals surface area contributed by atoms with Gasteiger partial charge in [-0.2, -0.15) is 0 Å². The van der Waals surface area contributed by atoms with E-state index in [-0.39, 0.29) is 16.5 Å². The summed E-state index contributed by atoms with van der Waals surface area (Å²) >= 11 is 5.96. The van der Waals surface area contributed by atoms with Gasteiger partial charge in [-0.05, 0) is 24.3 Å². The Labute approximate surface area is 141 Å². The van der Waals surface area contributed by atoms with Crippen LogP contribution in [0, 0.1) is 0 Å². The third-order valence-electron chi connectivity index (χ3n) is 3.18. The highest BCUT2D eigenvalue weighted by Gasteiger charge is 2.37. The molecule has 1 atom stereocenters. The fourth-order valence-corrected chi connectivity index (χ4v) is 2.24. The van der Waals surface area contributed by atoms with E-state index >= 15 is 0 Å². The number of carbonyl (C=O) groups is 2. The number of benzene rings is 1. The molecule has 0 spiro atoms. The SMILES string of the molecule is COc1ccccc1NC1=C(Cl)C(=O)O[C@H]1OC(=O)c1ccco1. The minimum atomic E-state index is -1.31. The molecular formula is C16H12ClNO6. The highest BCUT2D eigenvalue weighted by atomic mass is 35.5. The topological polar surface area (TPSA) is 87.0 Å². The number of nitrogens with one attached hydrogen (secondary N) is 1. The van der Waals surface area contributed by atoms with Gasteiger partial charge in [0.15, 0.2) is 5.03 Å². The lowest BCUT2D eigenvalue weighted by atomic mass is 10.2. The van der Waals surface area contributed by atoms with Gasteiger partial charge in [-0.25, -0.2) is 9.59 Å². The number of furan rings is 1. The smallest absolute Gasteiger partial charge is 0.377 e. The number of hydrogen-bond donors (Lipinski definition) is 1. The third-order valence-corrected chi connectivity index (χ3v) is 3.54. The molecule has 24 heavy (non-hydrogen) atoms. The Hall–Kier alpha value is -2.93. The first-order valence-electron chi connectivity index (χ1n) is 6.85. The average molecular weight is 350 g/mol. The molecule has 0 aliphatic carbocycles. The lowest BCUT2D eigenvalue weighted by Crippen LogP contribution is -2.24. The molecule has 7 nitrogen and oxygen atoms in total. The molecule has 2 aromatic rings. The molecule has 1 aliphatic rings. The maximum Gasteiger partial charge on any atom is 0.377 e. The first-order chi connectivity index (χ1) is 11.6. The van der Waals surface area contributed by atoms with Gasteiger partial charge in [0.25, 0.3) is 6.29 Å². The summed E-state index contributed by atoms with van der Waals surface area (Å²) < 4.78 is 20.3. The molecule has 0 radical (unpaired) electrons. The van der Waals surface area contributed by atoms with E-state index in [0.29, 0.717) is 11.4 Å². The third kappa shape index (κ3) is 3.07. The molecule has 0 saturated carbocycles. The summed E-state index contributed by atoms with van der Waals surface area (Å²) in [5, 5.41) is 2.70. The summed E-state index contributed by atoms with van der Waals surface area (Å²) in [6.45, 7) is 0. The number of hydrogen-bond acceptors (Lipinski definition) is 7. The van der Waals surface area contributed by atoms with Gasteiger partial charge in [-0.1, -0.05) is 23.7 Å². The van der Waals surface area contributed by atoms with Crippen LogP contribution in [0.5, 0.6) is 5.75 Å². The summed E-state index contributed by atoms with van der Waals surface area (Å²) in [5.41, 5.74) is 0.636. The van der Waals surface area contributed by atoms with Gasteiger partial charge in [-0.3, -0.25) is 0 Å². The molecule has 0 bridgehead atoms. The Bertz CT molecular complexity index is 799. The number of anilines is 1. The second-order valence-electron chi connectivity index (χ2n) is 4.67. The van der Waals surface area contributed by atoms with Gasteiger partial charge < -0.3 is 23.9 Å². The van der Waals surface area contributed by atoms with Crippen LogP contribution in [0.25, 0.3) is 0 Å². The van der Waals surface area contributed by atoms with Gasteiger partial charge in [0.1, 0.15) is 11.4 Å². The zero-order valence-electron chi connectivity index (χ0n) is 12.4. The van der Waals surface area contributed by atoms with Crippen molar-refractivity contribution in [1.29, 1.82) is 0 Å². The number of methoxy groups -OCH3 is 1. The molecule has 124 valence electrons. The van der Waals surface area contributed by atoms with Gasteiger partial charge >= 0.3 is 11.9 Å². The standard InChI is InChI=1S/C16H12ClNO6/c1-21-10-6-3-2-5-9(10)18-13-12(17)15(20)24-16(13)23-14(19)11-7-4-8-22-11/h2-8,16,18H,1H3/t16-/m1/s1. The minimum Gasteiger partial charge on any atom is -0.495 e. The van der Waals surface area contributed by atoms with Gasteiger partial charge in [0, 0.05) is 0 Å². The quantitative estimate of drug-likeness (QED) is 0.830. The van der Waals surface area contributed by atoms with Gasteiger partial charge in [0.2, 0.25) is 5.76 Å². The van der Waals surface area contributed by atoms with Crippen molar-refractivity contribution >= 4 is 29.2 Å². The van der Waals surface area contributed by atoms with Crippen LogP contribution in [0.1, 0.15) is 10.6 Å². The van der Waals surface area contributed by atoms with Crippen LogP contribution in [-0.2, 0) is 14.3 Å². The average Bonchev–Trinajstić information content (AvgIpc) is 3.20. The van der Waals surface area contributed by atoms with E-state index in [0.717, 1.165) is 0 Å². The number of halogens is 1. The number of ether oxygens (including phenoxy) is 3. The van der Waals surface area contributed by atoms with E-state index in [2.05, 4.69) is 5.32 Å². The van der Waals surface area contributed by atoms with E-state index in [1.54, 1.807) is 24.3 Å². The summed E-state index contributed by atoms with van der Waals surface area (Å²) in [6.07, 6.45) is 0.0150. The maximum absolute atomic E-state index is 12.0. The van der Waals surface area contributed by atoms with Crippen LogP contribution in [0.2, 0.25) is 0 Å². The van der Waals surface area contributed by atoms with Crippen LogP contribution in [-0.4, -0.2) is 25.3 Å². The molecule has 0 unspecified atom stereocenters. The van der Waals surface area contributed by atoms with Crippen molar-refractivity contribution in [3.8, 4) is 5.75 Å². The second-order valence-corrected chi connectivity index (χ2v) is 5.05. The van der Waals surface area contributed by atoms with Crippen molar-refractivity contribution in [2.75, 3.05) is 12.4 Å². The summed E-state index contributed by atoms with van der Waals surface area (Å²) in [4.78, 5) is 23.7. The van der Waals surface area contributed by atoms with Crippen molar-refractivity contribution in [2.24, 2.45) is 0 Å². The van der Waals surface area contributed by atoms with Crippen molar-refractivity contribution in [2.45, 2.75) is 6.29 Å². The zero-order chi connectivity index (χ0) is 17.1. The van der Waals surface area contributed by atoms with Gasteiger partial charge in [0.05, 0.1) is 19.1 Å². The molecule has 1 aromatic carbocycles. The molecule has 0 fully saturated rings. The Morgan fingerprint density at radius 2 is 2.04 bits per heavy atom. The van der Waals surface area contributed by atoms with E-state index < -0.39 is 18.2 Å². The molecule has 1 aliphatic heterocycles. The van der Waals surface area contributed by atoms with Crippen LogP contribution in [0.3, 0.4) is 0 Å². The zero-order valence-corrected chi connectivity index (χ0v) is 13.2. The van der Waals surface area contributed by atoms with E-state index in [9.17, 15) is 9.59 Å². The monoisotopic (exact) mass is 349 g/mol. The molecule has 0 amide bonds. The molecule has 0 saturated heterocycles. The predicted octanol–water partition coefficient (Wildman–Crippen LogP) is 2.89. The Morgan fingerprint density at radius 1 is 1.25 bits per heavy atom. The van der Waals surface area contributed by atoms with E-state index in [1.807, 2.05) is 0 Å². The summed E-state index contributed by atoms with van der Waals surface area (Å²) in [7, 11) is 1.50. The lowest BCUT2D eigenvalue weighted by molar-refractivity contribution is -0.152.